The summed E-state index contributed by atoms with van der Waals surface area (Å²) in [6.07, 6.45) is 0. The minimum atomic E-state index is -0.331. The fourth-order valence-corrected chi connectivity index (χ4v) is 2.26. The van der Waals surface area contributed by atoms with Gasteiger partial charge < -0.3 is 9.47 Å². The number of hydrazone groups is 1. The molecule has 2 aromatic rings. The number of methoxy groups -OCH3 is 1. The van der Waals surface area contributed by atoms with E-state index in [1.807, 2.05) is 37.3 Å². The van der Waals surface area contributed by atoms with Crippen molar-refractivity contribution < 1.29 is 14.3 Å². The Morgan fingerprint density at radius 1 is 1.22 bits per heavy atom. The van der Waals surface area contributed by atoms with Crippen molar-refractivity contribution in [2.45, 2.75) is 6.92 Å². The number of nitrogens with one attached hydrogen (secondary N) is 1. The highest BCUT2D eigenvalue weighted by Gasteiger charge is 2.06. The van der Waals surface area contributed by atoms with Gasteiger partial charge >= 0.3 is 0 Å². The van der Waals surface area contributed by atoms with Crippen LogP contribution in [0, 0.1) is 0 Å². The smallest absolute Gasteiger partial charge is 0.277 e. The van der Waals surface area contributed by atoms with E-state index in [-0.39, 0.29) is 12.5 Å². The number of halogens is 1. The van der Waals surface area contributed by atoms with Crippen LogP contribution >= 0.6 is 15.9 Å². The second kappa shape index (κ2) is 8.33. The van der Waals surface area contributed by atoms with Crippen molar-refractivity contribution in [1.29, 1.82) is 0 Å². The lowest BCUT2D eigenvalue weighted by molar-refractivity contribution is -0.123. The van der Waals surface area contributed by atoms with E-state index in [4.69, 9.17) is 9.47 Å². The lowest BCUT2D eigenvalue weighted by atomic mass is 10.1. The van der Waals surface area contributed by atoms with E-state index in [0.717, 1.165) is 11.3 Å². The van der Waals surface area contributed by atoms with Crippen molar-refractivity contribution in [3.05, 3.63) is 58.6 Å². The number of carbonyl (C=O) groups is 1. The predicted molar refractivity (Wildman–Crippen MR) is 93.0 cm³/mol. The molecule has 5 nitrogen and oxygen atoms in total. The largest absolute Gasteiger partial charge is 0.497 e. The first-order valence-corrected chi connectivity index (χ1v) is 7.74. The molecule has 0 aliphatic heterocycles. The van der Waals surface area contributed by atoms with E-state index in [1.165, 1.54) is 0 Å². The maximum Gasteiger partial charge on any atom is 0.277 e. The van der Waals surface area contributed by atoms with Crippen LogP contribution < -0.4 is 14.9 Å². The summed E-state index contributed by atoms with van der Waals surface area (Å²) < 4.78 is 11.3. The van der Waals surface area contributed by atoms with Gasteiger partial charge in [-0.15, -0.1) is 0 Å². The zero-order valence-electron chi connectivity index (χ0n) is 12.9. The van der Waals surface area contributed by atoms with Crippen molar-refractivity contribution >= 4 is 27.5 Å². The number of hydrogen-bond donors (Lipinski definition) is 1. The first-order valence-electron chi connectivity index (χ1n) is 6.95. The van der Waals surface area contributed by atoms with Gasteiger partial charge in [0.15, 0.2) is 6.61 Å². The Balaban J connectivity index is 1.88. The maximum absolute atomic E-state index is 11.8. The molecule has 0 aliphatic rings. The molecular formula is C17H17BrN2O3. The second-order valence-corrected chi connectivity index (χ2v) is 5.54. The summed E-state index contributed by atoms with van der Waals surface area (Å²) in [4.78, 5) is 11.8. The number of hydrogen-bond acceptors (Lipinski definition) is 4. The highest BCUT2D eigenvalue weighted by molar-refractivity contribution is 9.10. The molecule has 120 valence electrons. The van der Waals surface area contributed by atoms with Gasteiger partial charge in [-0.05, 0) is 46.6 Å². The standard InChI is InChI=1S/C17H17BrN2O3/c1-12(13-6-4-3-5-7-13)19-20-17(21)11-23-16-9-8-14(22-2)10-15(16)18/h3-10H,11H2,1-2H3,(H,20,21)/b19-12-. The fourth-order valence-electron chi connectivity index (χ4n) is 1.79. The summed E-state index contributed by atoms with van der Waals surface area (Å²) >= 11 is 3.37. The molecule has 0 aromatic heterocycles. The van der Waals surface area contributed by atoms with Crippen molar-refractivity contribution in [3.63, 3.8) is 0 Å². The molecule has 0 bridgehead atoms. The molecule has 1 N–H and O–H groups in total. The third-order valence-corrected chi connectivity index (χ3v) is 3.66. The molecule has 0 saturated carbocycles. The highest BCUT2D eigenvalue weighted by Crippen LogP contribution is 2.28. The Hall–Kier alpha value is -2.34. The van der Waals surface area contributed by atoms with Gasteiger partial charge in [0.2, 0.25) is 0 Å². The van der Waals surface area contributed by atoms with E-state index in [9.17, 15) is 4.79 Å². The van der Waals surface area contributed by atoms with Gasteiger partial charge in [-0.2, -0.15) is 5.10 Å². The minimum absolute atomic E-state index is 0.128. The Morgan fingerprint density at radius 2 is 1.96 bits per heavy atom. The number of carbonyl (C=O) groups excluding carboxylic acids is 1. The summed E-state index contributed by atoms with van der Waals surface area (Å²) in [5.74, 6) is 0.935. The number of amides is 1. The van der Waals surface area contributed by atoms with Crippen LogP contribution in [0.5, 0.6) is 11.5 Å². The van der Waals surface area contributed by atoms with E-state index in [0.29, 0.717) is 16.0 Å². The molecule has 6 heteroatoms. The molecule has 0 atom stereocenters. The summed E-state index contributed by atoms with van der Waals surface area (Å²) in [6.45, 7) is 1.70. The number of benzene rings is 2. The molecule has 0 saturated heterocycles. The maximum atomic E-state index is 11.8. The van der Waals surface area contributed by atoms with Crippen molar-refractivity contribution in [1.82, 2.24) is 5.43 Å². The normalized spacial score (nSPS) is 11.0. The van der Waals surface area contributed by atoms with Gasteiger partial charge in [-0.1, -0.05) is 30.3 Å². The molecule has 23 heavy (non-hydrogen) atoms. The third-order valence-electron chi connectivity index (χ3n) is 3.04. The zero-order chi connectivity index (χ0) is 16.7. The number of nitrogens with zero attached hydrogens (tertiary/aromatic N) is 1. The zero-order valence-corrected chi connectivity index (χ0v) is 14.5. The van der Waals surface area contributed by atoms with Gasteiger partial charge in [0, 0.05) is 0 Å². The molecule has 0 spiro atoms. The summed E-state index contributed by atoms with van der Waals surface area (Å²) in [5, 5.41) is 4.06. The van der Waals surface area contributed by atoms with Gasteiger partial charge in [-0.3, -0.25) is 4.79 Å². The van der Waals surface area contributed by atoms with E-state index < -0.39 is 0 Å². The lowest BCUT2D eigenvalue weighted by Gasteiger charge is -2.09. The molecule has 1 amide bonds. The topological polar surface area (TPSA) is 59.9 Å². The van der Waals surface area contributed by atoms with Crippen LogP contribution in [0.2, 0.25) is 0 Å². The van der Waals surface area contributed by atoms with Crippen LogP contribution in [-0.4, -0.2) is 25.3 Å². The van der Waals surface area contributed by atoms with Crippen LogP contribution in [0.4, 0.5) is 0 Å². The monoisotopic (exact) mass is 376 g/mol. The Kier molecular flexibility index (Phi) is 6.17. The first kappa shape index (κ1) is 17.0. The van der Waals surface area contributed by atoms with Crippen LogP contribution in [0.25, 0.3) is 0 Å². The number of ether oxygens (including phenoxy) is 2. The first-order chi connectivity index (χ1) is 11.1. The van der Waals surface area contributed by atoms with Crippen LogP contribution in [0.3, 0.4) is 0 Å². The summed E-state index contributed by atoms with van der Waals surface area (Å²) in [5.41, 5.74) is 4.15. The summed E-state index contributed by atoms with van der Waals surface area (Å²) in [7, 11) is 1.59. The average molecular weight is 377 g/mol. The number of rotatable bonds is 6. The highest BCUT2D eigenvalue weighted by atomic mass is 79.9. The van der Waals surface area contributed by atoms with Gasteiger partial charge in [0.05, 0.1) is 17.3 Å². The molecule has 2 rings (SSSR count). The van der Waals surface area contributed by atoms with E-state index >= 15 is 0 Å². The molecule has 2 aromatic carbocycles. The summed E-state index contributed by atoms with van der Waals surface area (Å²) in [6, 6.07) is 14.9. The third kappa shape index (κ3) is 5.10. The average Bonchev–Trinajstić information content (AvgIpc) is 2.59. The molecular weight excluding hydrogens is 360 g/mol. The van der Waals surface area contributed by atoms with Gasteiger partial charge in [0.25, 0.3) is 5.91 Å². The molecule has 0 aliphatic carbocycles. The van der Waals surface area contributed by atoms with Crippen molar-refractivity contribution in [2.24, 2.45) is 5.10 Å². The molecule has 0 unspecified atom stereocenters. The Morgan fingerprint density at radius 3 is 2.61 bits per heavy atom. The molecule has 0 heterocycles. The van der Waals surface area contributed by atoms with Gasteiger partial charge in [-0.25, -0.2) is 5.43 Å². The Labute approximate surface area is 143 Å². The van der Waals surface area contributed by atoms with Gasteiger partial charge in [0.1, 0.15) is 11.5 Å². The molecule has 0 fully saturated rings. The van der Waals surface area contributed by atoms with Crippen molar-refractivity contribution in [2.75, 3.05) is 13.7 Å². The lowest BCUT2D eigenvalue weighted by Crippen LogP contribution is -2.25. The second-order valence-electron chi connectivity index (χ2n) is 4.68. The Bertz CT molecular complexity index is 702. The van der Waals surface area contributed by atoms with Crippen LogP contribution in [0.15, 0.2) is 58.1 Å². The van der Waals surface area contributed by atoms with Crippen molar-refractivity contribution in [3.8, 4) is 11.5 Å². The van der Waals surface area contributed by atoms with E-state index in [1.54, 1.807) is 25.3 Å². The fraction of sp³-hybridized carbons (Fsp3) is 0.176. The van der Waals surface area contributed by atoms with Crippen LogP contribution in [-0.2, 0) is 4.79 Å². The van der Waals surface area contributed by atoms with Crippen LogP contribution in [0.1, 0.15) is 12.5 Å². The quantitative estimate of drug-likeness (QED) is 0.620. The predicted octanol–water partition coefficient (Wildman–Crippen LogP) is 3.38. The molecule has 0 radical (unpaired) electrons. The minimum Gasteiger partial charge on any atom is -0.497 e. The van der Waals surface area contributed by atoms with E-state index in [2.05, 4.69) is 26.5 Å². The SMILES string of the molecule is COc1ccc(OCC(=O)N/N=C(/C)c2ccccc2)c(Br)c1.